The van der Waals surface area contributed by atoms with Crippen molar-refractivity contribution in [3.8, 4) is 0 Å². The van der Waals surface area contributed by atoms with E-state index in [1.807, 2.05) is 23.1 Å². The van der Waals surface area contributed by atoms with Crippen LogP contribution in [0.15, 0.2) is 30.3 Å². The molecule has 0 spiro atoms. The van der Waals surface area contributed by atoms with Gasteiger partial charge in [-0.25, -0.2) is 0 Å². The van der Waals surface area contributed by atoms with E-state index in [4.69, 9.17) is 4.74 Å². The summed E-state index contributed by atoms with van der Waals surface area (Å²) in [6.07, 6.45) is 0. The molecule has 2 heterocycles. The van der Waals surface area contributed by atoms with Crippen molar-refractivity contribution in [1.29, 1.82) is 0 Å². The van der Waals surface area contributed by atoms with Gasteiger partial charge in [0, 0.05) is 39.3 Å². The molecule has 126 valence electrons. The quantitative estimate of drug-likeness (QED) is 0.837. The van der Waals surface area contributed by atoms with Crippen LogP contribution < -0.4 is 0 Å². The molecule has 5 heteroatoms. The van der Waals surface area contributed by atoms with Crippen molar-refractivity contribution in [2.24, 2.45) is 0 Å². The van der Waals surface area contributed by atoms with Crippen molar-refractivity contribution in [3.63, 3.8) is 0 Å². The first-order valence-corrected chi connectivity index (χ1v) is 8.67. The number of benzene rings is 1. The standard InChI is InChI=1S/C18H27N3O2/c1-2-19-8-10-21(11-9-19)18(22)17(16-6-4-3-5-7-16)20-12-14-23-15-13-20/h3-7,17H,2,8-15H2,1H3. The van der Waals surface area contributed by atoms with Crippen LogP contribution in [0, 0.1) is 0 Å². The molecule has 23 heavy (non-hydrogen) atoms. The molecule has 0 N–H and O–H groups in total. The zero-order valence-electron chi connectivity index (χ0n) is 14.0. The molecule has 0 radical (unpaired) electrons. The van der Waals surface area contributed by atoms with Crippen LogP contribution in [0.5, 0.6) is 0 Å². The fraction of sp³-hybridized carbons (Fsp3) is 0.611. The van der Waals surface area contributed by atoms with E-state index in [1.165, 1.54) is 0 Å². The minimum Gasteiger partial charge on any atom is -0.379 e. The summed E-state index contributed by atoms with van der Waals surface area (Å²) in [5.41, 5.74) is 1.09. The molecule has 1 aromatic rings. The Morgan fingerprint density at radius 3 is 2.30 bits per heavy atom. The molecule has 0 aliphatic carbocycles. The van der Waals surface area contributed by atoms with E-state index >= 15 is 0 Å². The molecule has 1 atom stereocenters. The van der Waals surface area contributed by atoms with Gasteiger partial charge in [0.15, 0.2) is 0 Å². The van der Waals surface area contributed by atoms with E-state index in [9.17, 15) is 4.79 Å². The number of carbonyl (C=O) groups is 1. The lowest BCUT2D eigenvalue weighted by molar-refractivity contribution is -0.141. The molecule has 0 aromatic heterocycles. The Labute approximate surface area is 138 Å². The summed E-state index contributed by atoms with van der Waals surface area (Å²) in [6.45, 7) is 9.92. The molecular formula is C18H27N3O2. The Morgan fingerprint density at radius 1 is 1.04 bits per heavy atom. The van der Waals surface area contributed by atoms with Crippen molar-refractivity contribution in [2.45, 2.75) is 13.0 Å². The van der Waals surface area contributed by atoms with Crippen LogP contribution in [0.3, 0.4) is 0 Å². The van der Waals surface area contributed by atoms with Crippen LogP contribution in [-0.4, -0.2) is 79.6 Å². The van der Waals surface area contributed by atoms with Crippen molar-refractivity contribution >= 4 is 5.91 Å². The number of amides is 1. The zero-order valence-corrected chi connectivity index (χ0v) is 14.0. The predicted octanol–water partition coefficient (Wildman–Crippen LogP) is 1.22. The highest BCUT2D eigenvalue weighted by molar-refractivity contribution is 5.83. The first-order chi connectivity index (χ1) is 11.3. The fourth-order valence-electron chi connectivity index (χ4n) is 3.44. The van der Waals surface area contributed by atoms with Gasteiger partial charge in [-0.1, -0.05) is 37.3 Å². The number of nitrogens with zero attached hydrogens (tertiary/aromatic N) is 3. The van der Waals surface area contributed by atoms with E-state index in [-0.39, 0.29) is 11.9 Å². The van der Waals surface area contributed by atoms with Crippen LogP contribution in [0.25, 0.3) is 0 Å². The van der Waals surface area contributed by atoms with Gasteiger partial charge in [-0.05, 0) is 12.1 Å². The Kier molecular flexibility index (Phi) is 5.65. The minimum atomic E-state index is -0.173. The van der Waals surface area contributed by atoms with Gasteiger partial charge in [0.05, 0.1) is 13.2 Å². The summed E-state index contributed by atoms with van der Waals surface area (Å²) in [7, 11) is 0. The topological polar surface area (TPSA) is 36.0 Å². The second-order valence-electron chi connectivity index (χ2n) is 6.22. The van der Waals surface area contributed by atoms with Crippen molar-refractivity contribution < 1.29 is 9.53 Å². The number of morpholine rings is 1. The van der Waals surface area contributed by atoms with Gasteiger partial charge in [0.2, 0.25) is 5.91 Å². The number of rotatable bonds is 4. The zero-order chi connectivity index (χ0) is 16.1. The maximum absolute atomic E-state index is 13.2. The average Bonchev–Trinajstić information content (AvgIpc) is 2.64. The van der Waals surface area contributed by atoms with Gasteiger partial charge in [-0.15, -0.1) is 0 Å². The summed E-state index contributed by atoms with van der Waals surface area (Å²) in [4.78, 5) is 19.9. The highest BCUT2D eigenvalue weighted by Gasteiger charge is 2.33. The lowest BCUT2D eigenvalue weighted by Gasteiger charge is -2.40. The summed E-state index contributed by atoms with van der Waals surface area (Å²) in [6, 6.07) is 10.0. The number of piperazine rings is 1. The number of carbonyl (C=O) groups excluding carboxylic acids is 1. The van der Waals surface area contributed by atoms with Crippen LogP contribution >= 0.6 is 0 Å². The number of ether oxygens (including phenoxy) is 1. The van der Waals surface area contributed by atoms with Crippen molar-refractivity contribution in [2.75, 3.05) is 59.0 Å². The van der Waals surface area contributed by atoms with Crippen molar-refractivity contribution in [3.05, 3.63) is 35.9 Å². The third-order valence-corrected chi connectivity index (χ3v) is 4.89. The smallest absolute Gasteiger partial charge is 0.244 e. The van der Waals surface area contributed by atoms with E-state index in [1.54, 1.807) is 0 Å². The van der Waals surface area contributed by atoms with Gasteiger partial charge in [0.1, 0.15) is 6.04 Å². The number of hydrogen-bond acceptors (Lipinski definition) is 4. The molecule has 1 unspecified atom stereocenters. The first-order valence-electron chi connectivity index (χ1n) is 8.67. The van der Waals surface area contributed by atoms with Gasteiger partial charge in [0.25, 0.3) is 0 Å². The lowest BCUT2D eigenvalue weighted by Crippen LogP contribution is -2.53. The highest BCUT2D eigenvalue weighted by Crippen LogP contribution is 2.24. The van der Waals surface area contributed by atoms with Gasteiger partial charge in [-0.2, -0.15) is 0 Å². The number of hydrogen-bond donors (Lipinski definition) is 0. The maximum Gasteiger partial charge on any atom is 0.244 e. The van der Waals surface area contributed by atoms with Crippen LogP contribution in [-0.2, 0) is 9.53 Å². The monoisotopic (exact) mass is 317 g/mol. The molecular weight excluding hydrogens is 290 g/mol. The summed E-state index contributed by atoms with van der Waals surface area (Å²) in [5, 5.41) is 0. The van der Waals surface area contributed by atoms with E-state index < -0.39 is 0 Å². The SMILES string of the molecule is CCN1CCN(C(=O)C(c2ccccc2)N2CCOCC2)CC1. The fourth-order valence-corrected chi connectivity index (χ4v) is 3.44. The third-order valence-electron chi connectivity index (χ3n) is 4.89. The van der Waals surface area contributed by atoms with E-state index in [0.717, 1.165) is 51.4 Å². The van der Waals surface area contributed by atoms with E-state index in [2.05, 4.69) is 28.9 Å². The summed E-state index contributed by atoms with van der Waals surface area (Å²) < 4.78 is 5.47. The Bertz CT molecular complexity index is 494. The molecule has 5 nitrogen and oxygen atoms in total. The lowest BCUT2D eigenvalue weighted by atomic mass is 10.0. The largest absolute Gasteiger partial charge is 0.379 e. The Balaban J connectivity index is 1.76. The molecule has 0 bridgehead atoms. The maximum atomic E-state index is 13.2. The third kappa shape index (κ3) is 3.91. The summed E-state index contributed by atoms with van der Waals surface area (Å²) in [5.74, 6) is 0.244. The molecule has 0 saturated carbocycles. The molecule has 2 fully saturated rings. The molecule has 2 saturated heterocycles. The number of likely N-dealkylation sites (N-methyl/N-ethyl adjacent to an activating group) is 1. The normalized spacial score (nSPS) is 22.0. The Hall–Kier alpha value is -1.43. The van der Waals surface area contributed by atoms with Gasteiger partial charge >= 0.3 is 0 Å². The van der Waals surface area contributed by atoms with Gasteiger partial charge in [-0.3, -0.25) is 9.69 Å². The molecule has 1 amide bonds. The second kappa shape index (κ2) is 7.90. The van der Waals surface area contributed by atoms with E-state index in [0.29, 0.717) is 13.2 Å². The first kappa shape index (κ1) is 16.4. The summed E-state index contributed by atoms with van der Waals surface area (Å²) >= 11 is 0. The molecule has 2 aliphatic heterocycles. The predicted molar refractivity (Wildman–Crippen MR) is 90.3 cm³/mol. The second-order valence-corrected chi connectivity index (χ2v) is 6.22. The van der Waals surface area contributed by atoms with Crippen molar-refractivity contribution in [1.82, 2.24) is 14.7 Å². The minimum absolute atomic E-state index is 0.173. The van der Waals surface area contributed by atoms with Crippen LogP contribution in [0.2, 0.25) is 0 Å². The van der Waals surface area contributed by atoms with Crippen LogP contribution in [0.1, 0.15) is 18.5 Å². The highest BCUT2D eigenvalue weighted by atomic mass is 16.5. The molecule has 1 aromatic carbocycles. The molecule has 3 rings (SSSR count). The average molecular weight is 317 g/mol. The van der Waals surface area contributed by atoms with Gasteiger partial charge < -0.3 is 14.5 Å². The van der Waals surface area contributed by atoms with Crippen LogP contribution in [0.4, 0.5) is 0 Å². The molecule has 2 aliphatic rings. The Morgan fingerprint density at radius 2 is 1.70 bits per heavy atom.